The van der Waals surface area contributed by atoms with Gasteiger partial charge in [0.2, 0.25) is 11.8 Å². The van der Waals surface area contributed by atoms with E-state index in [1.807, 2.05) is 6.07 Å². The van der Waals surface area contributed by atoms with Gasteiger partial charge in [0.15, 0.2) is 5.82 Å². The molecule has 10 heteroatoms. The molecule has 40 heavy (non-hydrogen) atoms. The van der Waals surface area contributed by atoms with Crippen LogP contribution in [0.25, 0.3) is 16.7 Å². The lowest BCUT2D eigenvalue weighted by Crippen LogP contribution is -2.38. The minimum Gasteiger partial charge on any atom is -0.478 e. The molecule has 0 saturated heterocycles. The number of carbonyl (C=O) groups is 3. The molecular weight excluding hydrogens is 540 g/mol. The van der Waals surface area contributed by atoms with Gasteiger partial charge in [-0.2, -0.15) is 0 Å². The third kappa shape index (κ3) is 5.34. The summed E-state index contributed by atoms with van der Waals surface area (Å²) in [5.74, 6) is -3.80. The van der Waals surface area contributed by atoms with Crippen molar-refractivity contribution in [3.63, 3.8) is 0 Å². The molecule has 0 radical (unpaired) electrons. The number of hydrogen-bond donors (Lipinski definition) is 2. The van der Waals surface area contributed by atoms with Crippen molar-refractivity contribution in [1.82, 2.24) is 9.88 Å². The van der Waals surface area contributed by atoms with Gasteiger partial charge in [-0.3, -0.25) is 14.6 Å². The molecule has 5 rings (SSSR count). The molecule has 0 aliphatic carbocycles. The fourth-order valence-electron chi connectivity index (χ4n) is 5.28. The molecule has 7 nitrogen and oxygen atoms in total. The number of aromatic nitrogens is 1. The van der Waals surface area contributed by atoms with Gasteiger partial charge in [-0.25, -0.2) is 13.6 Å². The summed E-state index contributed by atoms with van der Waals surface area (Å²) in [5.41, 5.74) is 2.29. The van der Waals surface area contributed by atoms with Crippen LogP contribution in [0, 0.1) is 17.6 Å². The Hall–Kier alpha value is -4.11. The first-order chi connectivity index (χ1) is 19.1. The van der Waals surface area contributed by atoms with Gasteiger partial charge in [0.05, 0.1) is 27.9 Å². The first-order valence-corrected chi connectivity index (χ1v) is 13.3. The van der Waals surface area contributed by atoms with E-state index >= 15 is 0 Å². The molecule has 0 fully saturated rings. The third-order valence-electron chi connectivity index (χ3n) is 7.46. The number of nitrogens with one attached hydrogen (secondary N) is 1. The Balaban J connectivity index is 1.54. The summed E-state index contributed by atoms with van der Waals surface area (Å²) in [7, 11) is 0. The van der Waals surface area contributed by atoms with E-state index in [4.69, 9.17) is 11.6 Å². The summed E-state index contributed by atoms with van der Waals surface area (Å²) in [6.07, 6.45) is 4.72. The molecule has 2 unspecified atom stereocenters. The number of pyridine rings is 1. The number of nitrogens with zero attached hydrogens (tertiary/aromatic N) is 2. The van der Waals surface area contributed by atoms with E-state index < -0.39 is 29.6 Å². The van der Waals surface area contributed by atoms with Crippen LogP contribution >= 0.6 is 11.6 Å². The van der Waals surface area contributed by atoms with Crippen LogP contribution in [0.4, 0.5) is 14.5 Å². The molecule has 2 aliphatic rings. The second kappa shape index (κ2) is 11.2. The first kappa shape index (κ1) is 27.5. The monoisotopic (exact) mass is 565 g/mol. The number of halogens is 3. The zero-order valence-corrected chi connectivity index (χ0v) is 22.3. The molecule has 1 aromatic heterocycles. The Bertz CT molecular complexity index is 1560. The Morgan fingerprint density at radius 1 is 1.12 bits per heavy atom. The maximum absolute atomic E-state index is 14.7. The summed E-state index contributed by atoms with van der Waals surface area (Å²) in [6.45, 7) is 2.00. The van der Waals surface area contributed by atoms with Gasteiger partial charge in [-0.15, -0.1) is 0 Å². The molecule has 2 bridgehead atoms. The van der Waals surface area contributed by atoms with E-state index in [-0.39, 0.29) is 46.5 Å². The zero-order chi connectivity index (χ0) is 28.6. The predicted molar refractivity (Wildman–Crippen MR) is 147 cm³/mol. The SMILES string of the molecule is CC1CCCC(N2CCC(c3c(F)ccc(Cl)c3F)=CC2=O)c2cc(ccn2)-c2ccc(C(=O)O)cc2NC1=O. The van der Waals surface area contributed by atoms with Gasteiger partial charge in [0.1, 0.15) is 5.82 Å². The summed E-state index contributed by atoms with van der Waals surface area (Å²) >= 11 is 5.87. The van der Waals surface area contributed by atoms with E-state index in [1.54, 1.807) is 30.2 Å². The topological polar surface area (TPSA) is 99.6 Å². The molecule has 2 aromatic carbocycles. The number of carboxylic acids is 1. The average molecular weight is 566 g/mol. The number of fused-ring (bicyclic) bond motifs is 4. The van der Waals surface area contributed by atoms with Crippen LogP contribution < -0.4 is 5.32 Å². The molecule has 2 atom stereocenters. The number of carbonyl (C=O) groups excluding carboxylic acids is 2. The van der Waals surface area contributed by atoms with Crippen LogP contribution in [0.5, 0.6) is 0 Å². The molecule has 0 spiro atoms. The molecule has 2 N–H and O–H groups in total. The van der Waals surface area contributed by atoms with Gasteiger partial charge < -0.3 is 15.3 Å². The van der Waals surface area contributed by atoms with E-state index in [1.165, 1.54) is 18.2 Å². The number of rotatable bonds is 3. The van der Waals surface area contributed by atoms with Gasteiger partial charge in [-0.05, 0) is 66.8 Å². The molecule has 0 saturated carbocycles. The summed E-state index contributed by atoms with van der Waals surface area (Å²) in [4.78, 5) is 44.2. The van der Waals surface area contributed by atoms with Gasteiger partial charge >= 0.3 is 5.97 Å². The van der Waals surface area contributed by atoms with Crippen LogP contribution in [-0.4, -0.2) is 39.3 Å². The van der Waals surface area contributed by atoms with Crippen LogP contribution in [0.15, 0.2) is 54.7 Å². The number of anilines is 1. The number of aromatic carboxylic acids is 1. The molecule has 2 amide bonds. The Morgan fingerprint density at radius 2 is 1.93 bits per heavy atom. The van der Waals surface area contributed by atoms with E-state index in [2.05, 4.69) is 10.3 Å². The highest BCUT2D eigenvalue weighted by Crippen LogP contribution is 2.37. The van der Waals surface area contributed by atoms with Crippen LogP contribution in [0.2, 0.25) is 5.02 Å². The smallest absolute Gasteiger partial charge is 0.335 e. The molecule has 3 aromatic rings. The Labute approximate surface area is 234 Å². The molecule has 2 aliphatic heterocycles. The third-order valence-corrected chi connectivity index (χ3v) is 7.76. The number of hydrogen-bond acceptors (Lipinski definition) is 4. The van der Waals surface area contributed by atoms with E-state index in [0.717, 1.165) is 12.1 Å². The van der Waals surface area contributed by atoms with Crippen molar-refractivity contribution >= 4 is 40.6 Å². The van der Waals surface area contributed by atoms with Crippen molar-refractivity contribution in [2.45, 2.75) is 38.6 Å². The van der Waals surface area contributed by atoms with E-state index in [9.17, 15) is 28.3 Å². The summed E-state index contributed by atoms with van der Waals surface area (Å²) in [6, 6.07) is 9.88. The van der Waals surface area contributed by atoms with Crippen LogP contribution in [0.3, 0.4) is 0 Å². The first-order valence-electron chi connectivity index (χ1n) is 12.9. The largest absolute Gasteiger partial charge is 0.478 e. The fraction of sp³-hybridized carbons (Fsp3) is 0.267. The lowest BCUT2D eigenvalue weighted by atomic mass is 9.92. The summed E-state index contributed by atoms with van der Waals surface area (Å²) in [5, 5.41) is 12.1. The van der Waals surface area contributed by atoms with E-state index in [0.29, 0.717) is 41.8 Å². The fourth-order valence-corrected chi connectivity index (χ4v) is 5.44. The lowest BCUT2D eigenvalue weighted by Gasteiger charge is -2.34. The average Bonchev–Trinajstić information content (AvgIpc) is 2.93. The second-order valence-corrected chi connectivity index (χ2v) is 10.4. The molecule has 3 heterocycles. The highest BCUT2D eigenvalue weighted by molar-refractivity contribution is 6.31. The highest BCUT2D eigenvalue weighted by atomic mass is 35.5. The quantitative estimate of drug-likeness (QED) is 0.353. The van der Waals surface area contributed by atoms with Gasteiger partial charge in [-0.1, -0.05) is 31.0 Å². The zero-order valence-electron chi connectivity index (χ0n) is 21.6. The summed E-state index contributed by atoms with van der Waals surface area (Å²) < 4.78 is 29.2. The number of amides is 2. The van der Waals surface area contributed by atoms with Crippen molar-refractivity contribution in [3.05, 3.63) is 88.2 Å². The van der Waals surface area contributed by atoms with Crippen molar-refractivity contribution in [2.24, 2.45) is 5.92 Å². The standard InChI is InChI=1S/C30H26ClF2N3O4/c1-16-3-2-4-25(36-12-10-18(15-26(36)37)27-22(32)8-7-21(31)28(27)33)24-13-17(9-11-34-24)20-6-5-19(30(39)40)14-23(20)35-29(16)38/h5-9,11,13-16,25H,2-4,10,12H2,1H3,(H,35,38)(H,39,40). The number of benzene rings is 2. The lowest BCUT2D eigenvalue weighted by molar-refractivity contribution is -0.129. The molecule has 206 valence electrons. The van der Waals surface area contributed by atoms with Crippen molar-refractivity contribution < 1.29 is 28.3 Å². The van der Waals surface area contributed by atoms with Crippen molar-refractivity contribution in [2.75, 3.05) is 11.9 Å². The normalized spacial score (nSPS) is 19.6. The van der Waals surface area contributed by atoms with Crippen molar-refractivity contribution in [3.8, 4) is 11.1 Å². The molecular formula is C30H26ClF2N3O4. The highest BCUT2D eigenvalue weighted by Gasteiger charge is 2.31. The van der Waals surface area contributed by atoms with Crippen molar-refractivity contribution in [1.29, 1.82) is 0 Å². The minimum absolute atomic E-state index is 0.0417. The van der Waals surface area contributed by atoms with Crippen LogP contribution in [-0.2, 0) is 9.59 Å². The Kier molecular flexibility index (Phi) is 7.67. The maximum atomic E-state index is 14.7. The second-order valence-electron chi connectivity index (χ2n) is 10.0. The number of carboxylic acid groups (broad SMARTS) is 1. The van der Waals surface area contributed by atoms with Crippen LogP contribution in [0.1, 0.15) is 60.3 Å². The maximum Gasteiger partial charge on any atom is 0.335 e. The Morgan fingerprint density at radius 3 is 2.67 bits per heavy atom. The van der Waals surface area contributed by atoms with Gasteiger partial charge in [0, 0.05) is 36.0 Å². The van der Waals surface area contributed by atoms with Gasteiger partial charge in [0.25, 0.3) is 0 Å². The minimum atomic E-state index is -1.11. The predicted octanol–water partition coefficient (Wildman–Crippen LogP) is 6.49.